The molecule has 1 N–H and O–H groups in total. The third-order valence-electron chi connectivity index (χ3n) is 2.83. The number of pyridine rings is 1. The second-order valence-corrected chi connectivity index (χ2v) is 4.21. The van der Waals surface area contributed by atoms with Crippen LogP contribution in [0.1, 0.15) is 12.6 Å². The maximum Gasteiger partial charge on any atom is 0.0709 e. The van der Waals surface area contributed by atoms with Gasteiger partial charge in [-0.2, -0.15) is 0 Å². The standard InChI is InChI=1S/C11H17N3/c1-11(9-14(2)8-7-13-11)10-5-3-4-6-12-10/h3-6,13H,7-9H2,1-2H3. The van der Waals surface area contributed by atoms with E-state index in [-0.39, 0.29) is 5.54 Å². The number of hydrogen-bond donors (Lipinski definition) is 1. The van der Waals surface area contributed by atoms with E-state index in [0.717, 1.165) is 25.3 Å². The lowest BCUT2D eigenvalue weighted by atomic mass is 9.94. The van der Waals surface area contributed by atoms with Crippen LogP contribution in [0.3, 0.4) is 0 Å². The first kappa shape index (κ1) is 9.62. The van der Waals surface area contributed by atoms with E-state index in [1.54, 1.807) is 0 Å². The fourth-order valence-electron chi connectivity index (χ4n) is 2.06. The van der Waals surface area contributed by atoms with Crippen LogP contribution in [0, 0.1) is 0 Å². The predicted molar refractivity (Wildman–Crippen MR) is 57.1 cm³/mol. The number of rotatable bonds is 1. The summed E-state index contributed by atoms with van der Waals surface area (Å²) in [4.78, 5) is 6.76. The summed E-state index contributed by atoms with van der Waals surface area (Å²) in [5, 5.41) is 3.54. The topological polar surface area (TPSA) is 28.2 Å². The number of aromatic nitrogens is 1. The van der Waals surface area contributed by atoms with Gasteiger partial charge in [0.2, 0.25) is 0 Å². The number of nitrogens with one attached hydrogen (secondary N) is 1. The first-order valence-electron chi connectivity index (χ1n) is 5.06. The van der Waals surface area contributed by atoms with E-state index in [9.17, 15) is 0 Å². The van der Waals surface area contributed by atoms with Crippen molar-refractivity contribution in [3.05, 3.63) is 30.1 Å². The van der Waals surface area contributed by atoms with Crippen molar-refractivity contribution in [2.75, 3.05) is 26.7 Å². The molecule has 76 valence electrons. The van der Waals surface area contributed by atoms with Gasteiger partial charge in [-0.1, -0.05) is 6.07 Å². The molecule has 0 amide bonds. The Morgan fingerprint density at radius 2 is 2.36 bits per heavy atom. The molecule has 2 rings (SSSR count). The van der Waals surface area contributed by atoms with Crippen molar-refractivity contribution in [1.82, 2.24) is 15.2 Å². The Labute approximate surface area is 85.1 Å². The molecule has 0 aromatic carbocycles. The molecule has 3 heteroatoms. The van der Waals surface area contributed by atoms with Gasteiger partial charge in [0.05, 0.1) is 11.2 Å². The van der Waals surface area contributed by atoms with Gasteiger partial charge < -0.3 is 10.2 Å². The molecule has 1 aliphatic rings. The molecule has 1 fully saturated rings. The van der Waals surface area contributed by atoms with Crippen molar-refractivity contribution >= 4 is 0 Å². The van der Waals surface area contributed by atoms with Crippen molar-refractivity contribution in [3.63, 3.8) is 0 Å². The maximum absolute atomic E-state index is 4.42. The van der Waals surface area contributed by atoms with E-state index >= 15 is 0 Å². The highest BCUT2D eigenvalue weighted by Crippen LogP contribution is 2.21. The fraction of sp³-hybridized carbons (Fsp3) is 0.545. The third-order valence-corrected chi connectivity index (χ3v) is 2.83. The van der Waals surface area contributed by atoms with Gasteiger partial charge in [0, 0.05) is 25.8 Å². The van der Waals surface area contributed by atoms with Crippen LogP contribution >= 0.6 is 0 Å². The van der Waals surface area contributed by atoms with Gasteiger partial charge in [-0.3, -0.25) is 4.98 Å². The minimum absolute atomic E-state index is 0.00819. The summed E-state index contributed by atoms with van der Waals surface area (Å²) in [6.07, 6.45) is 1.86. The van der Waals surface area contributed by atoms with Crippen molar-refractivity contribution < 1.29 is 0 Å². The summed E-state index contributed by atoms with van der Waals surface area (Å²) in [7, 11) is 2.15. The van der Waals surface area contributed by atoms with Gasteiger partial charge in [-0.25, -0.2) is 0 Å². The summed E-state index contributed by atoms with van der Waals surface area (Å²) in [6.45, 7) is 5.38. The van der Waals surface area contributed by atoms with E-state index in [1.807, 2.05) is 18.3 Å². The van der Waals surface area contributed by atoms with E-state index in [2.05, 4.69) is 35.2 Å². The van der Waals surface area contributed by atoms with E-state index in [4.69, 9.17) is 0 Å². The Morgan fingerprint density at radius 3 is 3.00 bits per heavy atom. The molecular formula is C11H17N3. The second-order valence-electron chi connectivity index (χ2n) is 4.21. The third kappa shape index (κ3) is 1.79. The first-order chi connectivity index (χ1) is 6.71. The Kier molecular flexibility index (Phi) is 2.52. The van der Waals surface area contributed by atoms with Crippen LogP contribution in [0.4, 0.5) is 0 Å². The van der Waals surface area contributed by atoms with Crippen molar-refractivity contribution in [2.24, 2.45) is 0 Å². The highest BCUT2D eigenvalue weighted by Gasteiger charge is 2.31. The van der Waals surface area contributed by atoms with Crippen LogP contribution in [-0.4, -0.2) is 36.6 Å². The fourth-order valence-corrected chi connectivity index (χ4v) is 2.06. The Balaban J connectivity index is 2.23. The van der Waals surface area contributed by atoms with Gasteiger partial charge in [-0.05, 0) is 26.1 Å². The SMILES string of the molecule is CN1CCNC(C)(c2ccccn2)C1. The molecule has 1 unspecified atom stereocenters. The van der Waals surface area contributed by atoms with E-state index < -0.39 is 0 Å². The molecular weight excluding hydrogens is 174 g/mol. The van der Waals surface area contributed by atoms with Crippen LogP contribution in [0.5, 0.6) is 0 Å². The van der Waals surface area contributed by atoms with Crippen LogP contribution in [0.15, 0.2) is 24.4 Å². The zero-order chi connectivity index (χ0) is 10.0. The molecule has 1 aliphatic heterocycles. The Hall–Kier alpha value is -0.930. The average molecular weight is 191 g/mol. The molecule has 0 aliphatic carbocycles. The molecule has 1 aromatic heterocycles. The molecule has 2 heterocycles. The molecule has 1 aromatic rings. The quantitative estimate of drug-likeness (QED) is 0.712. The smallest absolute Gasteiger partial charge is 0.0709 e. The number of likely N-dealkylation sites (N-methyl/N-ethyl adjacent to an activating group) is 1. The lowest BCUT2D eigenvalue weighted by Gasteiger charge is -2.39. The largest absolute Gasteiger partial charge is 0.304 e. The lowest BCUT2D eigenvalue weighted by molar-refractivity contribution is 0.167. The summed E-state index contributed by atoms with van der Waals surface area (Å²) < 4.78 is 0. The van der Waals surface area contributed by atoms with Crippen molar-refractivity contribution in [1.29, 1.82) is 0 Å². The molecule has 14 heavy (non-hydrogen) atoms. The summed E-state index contributed by atoms with van der Waals surface area (Å²) >= 11 is 0. The Bertz CT molecular complexity index is 299. The highest BCUT2D eigenvalue weighted by molar-refractivity contribution is 5.16. The van der Waals surface area contributed by atoms with E-state index in [0.29, 0.717) is 0 Å². The molecule has 1 atom stereocenters. The number of piperazine rings is 1. The lowest BCUT2D eigenvalue weighted by Crippen LogP contribution is -2.55. The van der Waals surface area contributed by atoms with Crippen molar-refractivity contribution in [3.8, 4) is 0 Å². The molecule has 3 nitrogen and oxygen atoms in total. The van der Waals surface area contributed by atoms with Crippen LogP contribution in [0.25, 0.3) is 0 Å². The number of nitrogens with zero attached hydrogens (tertiary/aromatic N) is 2. The van der Waals surface area contributed by atoms with Crippen molar-refractivity contribution in [2.45, 2.75) is 12.5 Å². The van der Waals surface area contributed by atoms with Gasteiger partial charge in [0.1, 0.15) is 0 Å². The zero-order valence-electron chi connectivity index (χ0n) is 8.83. The van der Waals surface area contributed by atoms with Gasteiger partial charge in [0.25, 0.3) is 0 Å². The van der Waals surface area contributed by atoms with Gasteiger partial charge in [-0.15, -0.1) is 0 Å². The van der Waals surface area contributed by atoms with Gasteiger partial charge >= 0.3 is 0 Å². The summed E-state index contributed by atoms with van der Waals surface area (Å²) in [5.74, 6) is 0. The van der Waals surface area contributed by atoms with E-state index in [1.165, 1.54) is 0 Å². The summed E-state index contributed by atoms with van der Waals surface area (Å²) in [6, 6.07) is 6.09. The zero-order valence-corrected chi connectivity index (χ0v) is 8.83. The average Bonchev–Trinajstić information content (AvgIpc) is 2.19. The van der Waals surface area contributed by atoms with Gasteiger partial charge in [0.15, 0.2) is 0 Å². The molecule has 0 saturated carbocycles. The molecule has 0 bridgehead atoms. The molecule has 1 saturated heterocycles. The summed E-state index contributed by atoms with van der Waals surface area (Å²) in [5.41, 5.74) is 1.14. The predicted octanol–water partition coefficient (Wildman–Crippen LogP) is 0.832. The molecule has 0 spiro atoms. The minimum atomic E-state index is 0.00819. The minimum Gasteiger partial charge on any atom is -0.304 e. The van der Waals surface area contributed by atoms with Crippen LogP contribution in [-0.2, 0) is 5.54 Å². The normalized spacial score (nSPS) is 29.0. The van der Waals surface area contributed by atoms with Crippen LogP contribution in [0.2, 0.25) is 0 Å². The maximum atomic E-state index is 4.42. The monoisotopic (exact) mass is 191 g/mol. The first-order valence-corrected chi connectivity index (χ1v) is 5.06. The highest BCUT2D eigenvalue weighted by atomic mass is 15.2. The molecule has 0 radical (unpaired) electrons. The second kappa shape index (κ2) is 3.67. The Morgan fingerprint density at radius 1 is 1.50 bits per heavy atom. The number of hydrogen-bond acceptors (Lipinski definition) is 3. The van der Waals surface area contributed by atoms with Crippen LogP contribution < -0.4 is 5.32 Å².